The minimum atomic E-state index is 0.436. The van der Waals surface area contributed by atoms with Gasteiger partial charge in [0.15, 0.2) is 0 Å². The van der Waals surface area contributed by atoms with E-state index in [-0.39, 0.29) is 0 Å². The standard InChI is InChI=1S/C18H22N2/c1-14-17(15-10-6-4-7-11-15)19(2)20(3)18(14)16-12-8-5-9-13-16/h4-14,17-18H,1-3H3. The largest absolute Gasteiger partial charge is 0.237 e. The van der Waals surface area contributed by atoms with E-state index < -0.39 is 0 Å². The van der Waals surface area contributed by atoms with E-state index in [4.69, 9.17) is 0 Å². The molecule has 0 spiro atoms. The summed E-state index contributed by atoms with van der Waals surface area (Å²) in [5, 5.41) is 4.75. The second-order valence-corrected chi connectivity index (χ2v) is 5.72. The summed E-state index contributed by atoms with van der Waals surface area (Å²) in [6.07, 6.45) is 0. The second kappa shape index (κ2) is 5.39. The molecule has 2 aromatic carbocycles. The molecule has 0 amide bonds. The molecular weight excluding hydrogens is 244 g/mol. The van der Waals surface area contributed by atoms with Crippen LogP contribution in [0.5, 0.6) is 0 Å². The van der Waals surface area contributed by atoms with Crippen LogP contribution < -0.4 is 0 Å². The SMILES string of the molecule is CC1C(c2ccccc2)N(C)N(C)C1c1ccccc1. The summed E-state index contributed by atoms with van der Waals surface area (Å²) in [6, 6.07) is 22.5. The zero-order chi connectivity index (χ0) is 14.1. The molecule has 3 rings (SSSR count). The molecule has 2 atom stereocenters. The summed E-state index contributed by atoms with van der Waals surface area (Å²) in [7, 11) is 4.38. The third kappa shape index (κ3) is 2.15. The highest BCUT2D eigenvalue weighted by molar-refractivity contribution is 5.26. The van der Waals surface area contributed by atoms with E-state index in [1.54, 1.807) is 0 Å². The highest BCUT2D eigenvalue weighted by Crippen LogP contribution is 2.46. The smallest absolute Gasteiger partial charge is 0.0536 e. The van der Waals surface area contributed by atoms with E-state index in [1.807, 2.05) is 0 Å². The molecule has 2 aromatic rings. The Bertz CT molecular complexity index is 501. The molecule has 0 N–H and O–H groups in total. The van der Waals surface area contributed by atoms with Gasteiger partial charge in [0.25, 0.3) is 0 Å². The van der Waals surface area contributed by atoms with E-state index in [9.17, 15) is 0 Å². The predicted molar refractivity (Wildman–Crippen MR) is 83.1 cm³/mol. The number of benzene rings is 2. The first kappa shape index (κ1) is 13.3. The van der Waals surface area contributed by atoms with Crippen LogP contribution in [0.4, 0.5) is 0 Å². The average Bonchev–Trinajstić information content (AvgIpc) is 2.71. The van der Waals surface area contributed by atoms with Gasteiger partial charge < -0.3 is 0 Å². The third-order valence-corrected chi connectivity index (χ3v) is 4.58. The van der Waals surface area contributed by atoms with Crippen LogP contribution in [0.2, 0.25) is 0 Å². The predicted octanol–water partition coefficient (Wildman–Crippen LogP) is 3.90. The fourth-order valence-corrected chi connectivity index (χ4v) is 3.58. The molecule has 0 bridgehead atoms. The van der Waals surface area contributed by atoms with Crippen molar-refractivity contribution >= 4 is 0 Å². The van der Waals surface area contributed by atoms with Gasteiger partial charge in [0.05, 0.1) is 12.1 Å². The Morgan fingerprint density at radius 2 is 1.00 bits per heavy atom. The lowest BCUT2D eigenvalue weighted by Crippen LogP contribution is -2.32. The summed E-state index contributed by atoms with van der Waals surface area (Å²) in [4.78, 5) is 0. The molecular formula is C18H22N2. The quantitative estimate of drug-likeness (QED) is 0.813. The van der Waals surface area contributed by atoms with Gasteiger partial charge in [0, 0.05) is 14.1 Å². The van der Waals surface area contributed by atoms with E-state index in [1.165, 1.54) is 11.1 Å². The third-order valence-electron chi connectivity index (χ3n) is 4.58. The number of hydrogen-bond donors (Lipinski definition) is 0. The Kier molecular flexibility index (Phi) is 3.60. The Morgan fingerprint density at radius 3 is 1.35 bits per heavy atom. The number of rotatable bonds is 2. The first-order valence-corrected chi connectivity index (χ1v) is 7.25. The minimum Gasteiger partial charge on any atom is -0.237 e. The first-order valence-electron chi connectivity index (χ1n) is 7.25. The number of hydrazine groups is 1. The van der Waals surface area contributed by atoms with Gasteiger partial charge in [-0.2, -0.15) is 0 Å². The fourth-order valence-electron chi connectivity index (χ4n) is 3.58. The Balaban J connectivity index is 1.96. The molecule has 104 valence electrons. The molecule has 2 heteroatoms. The van der Waals surface area contributed by atoms with Gasteiger partial charge in [-0.15, -0.1) is 0 Å². The van der Waals surface area contributed by atoms with Crippen LogP contribution in [0, 0.1) is 5.92 Å². The lowest BCUT2D eigenvalue weighted by atomic mass is 9.87. The van der Waals surface area contributed by atoms with Gasteiger partial charge in [0.1, 0.15) is 0 Å². The van der Waals surface area contributed by atoms with Crippen LogP contribution in [0.25, 0.3) is 0 Å². The van der Waals surface area contributed by atoms with Gasteiger partial charge in [-0.25, -0.2) is 10.0 Å². The summed E-state index contributed by atoms with van der Waals surface area (Å²) in [5.41, 5.74) is 2.79. The maximum absolute atomic E-state index is 2.37. The van der Waals surface area contributed by atoms with Crippen molar-refractivity contribution < 1.29 is 0 Å². The Morgan fingerprint density at radius 1 is 0.650 bits per heavy atom. The lowest BCUT2D eigenvalue weighted by Gasteiger charge is -2.27. The highest BCUT2D eigenvalue weighted by Gasteiger charge is 2.42. The number of nitrogens with zero attached hydrogens (tertiary/aromatic N) is 2. The molecule has 0 saturated carbocycles. The summed E-state index contributed by atoms with van der Waals surface area (Å²) in [6.45, 7) is 2.36. The van der Waals surface area contributed by atoms with Crippen molar-refractivity contribution in [3.8, 4) is 0 Å². The fraction of sp³-hybridized carbons (Fsp3) is 0.333. The maximum atomic E-state index is 2.37. The molecule has 1 aliphatic rings. The first-order chi connectivity index (χ1) is 9.70. The summed E-state index contributed by atoms with van der Waals surface area (Å²) in [5.74, 6) is 0.551. The molecule has 1 heterocycles. The van der Waals surface area contributed by atoms with E-state index >= 15 is 0 Å². The van der Waals surface area contributed by atoms with Crippen molar-refractivity contribution in [2.24, 2.45) is 5.92 Å². The molecule has 1 fully saturated rings. The number of hydrogen-bond acceptors (Lipinski definition) is 2. The van der Waals surface area contributed by atoms with E-state index in [2.05, 4.69) is 91.7 Å². The van der Waals surface area contributed by atoms with Crippen molar-refractivity contribution in [1.82, 2.24) is 10.0 Å². The summed E-state index contributed by atoms with van der Waals surface area (Å²) >= 11 is 0. The van der Waals surface area contributed by atoms with Gasteiger partial charge in [-0.05, 0) is 17.0 Å². The van der Waals surface area contributed by atoms with Crippen LogP contribution in [0.1, 0.15) is 30.1 Å². The molecule has 2 unspecified atom stereocenters. The van der Waals surface area contributed by atoms with Crippen LogP contribution >= 0.6 is 0 Å². The Labute approximate surface area is 121 Å². The normalized spacial score (nSPS) is 27.9. The lowest BCUT2D eigenvalue weighted by molar-refractivity contribution is 0.0252. The molecule has 20 heavy (non-hydrogen) atoms. The van der Waals surface area contributed by atoms with E-state index in [0.29, 0.717) is 18.0 Å². The second-order valence-electron chi connectivity index (χ2n) is 5.72. The van der Waals surface area contributed by atoms with Crippen molar-refractivity contribution in [2.75, 3.05) is 14.1 Å². The van der Waals surface area contributed by atoms with Gasteiger partial charge in [-0.3, -0.25) is 0 Å². The van der Waals surface area contributed by atoms with Crippen molar-refractivity contribution in [2.45, 2.75) is 19.0 Å². The van der Waals surface area contributed by atoms with Crippen molar-refractivity contribution in [1.29, 1.82) is 0 Å². The van der Waals surface area contributed by atoms with Crippen molar-refractivity contribution in [3.63, 3.8) is 0 Å². The summed E-state index contributed by atoms with van der Waals surface area (Å²) < 4.78 is 0. The van der Waals surface area contributed by atoms with Crippen LogP contribution in [-0.2, 0) is 0 Å². The topological polar surface area (TPSA) is 6.48 Å². The average molecular weight is 266 g/mol. The molecule has 2 nitrogen and oxygen atoms in total. The molecule has 1 saturated heterocycles. The highest BCUT2D eigenvalue weighted by atomic mass is 15.7. The van der Waals surface area contributed by atoms with Crippen LogP contribution in [0.3, 0.4) is 0 Å². The maximum Gasteiger partial charge on any atom is 0.0536 e. The van der Waals surface area contributed by atoms with Crippen LogP contribution in [-0.4, -0.2) is 24.1 Å². The van der Waals surface area contributed by atoms with Crippen molar-refractivity contribution in [3.05, 3.63) is 71.8 Å². The van der Waals surface area contributed by atoms with Gasteiger partial charge >= 0.3 is 0 Å². The molecule has 0 aromatic heterocycles. The van der Waals surface area contributed by atoms with Crippen LogP contribution in [0.15, 0.2) is 60.7 Å². The Hall–Kier alpha value is -1.64. The molecule has 0 radical (unpaired) electrons. The minimum absolute atomic E-state index is 0.436. The zero-order valence-electron chi connectivity index (χ0n) is 12.4. The zero-order valence-corrected chi connectivity index (χ0v) is 12.4. The van der Waals surface area contributed by atoms with E-state index in [0.717, 1.165) is 0 Å². The molecule has 1 aliphatic heterocycles. The monoisotopic (exact) mass is 266 g/mol. The van der Waals surface area contributed by atoms with Gasteiger partial charge in [-0.1, -0.05) is 67.6 Å². The van der Waals surface area contributed by atoms with Gasteiger partial charge in [0.2, 0.25) is 0 Å². The molecule has 0 aliphatic carbocycles.